The van der Waals surface area contributed by atoms with E-state index in [1.807, 2.05) is 0 Å². The molecule has 2 aromatic carbocycles. The van der Waals surface area contributed by atoms with Gasteiger partial charge in [0.25, 0.3) is 5.91 Å². The number of sulfone groups is 1. The Labute approximate surface area is 172 Å². The van der Waals surface area contributed by atoms with E-state index in [1.165, 1.54) is 41.3 Å². The fourth-order valence-corrected chi connectivity index (χ4v) is 4.18. The number of carbonyl (C=O) groups is 2. The molecule has 9 heteroatoms. The fourth-order valence-electron chi connectivity index (χ4n) is 3.30. The quantitative estimate of drug-likeness (QED) is 0.698. The van der Waals surface area contributed by atoms with Gasteiger partial charge >= 0.3 is 0 Å². The first-order valence-corrected chi connectivity index (χ1v) is 11.1. The average molecular weight is 440 g/mol. The normalized spacial score (nSPS) is 19.6. The molecule has 0 spiro atoms. The van der Waals surface area contributed by atoms with E-state index < -0.39 is 32.9 Å². The highest BCUT2D eigenvalue weighted by atomic mass is 35.5. The molecular formula is C20H19ClFNO5S. The Morgan fingerprint density at radius 1 is 1.24 bits per heavy atom. The van der Waals surface area contributed by atoms with Crippen LogP contribution in [0.3, 0.4) is 0 Å². The number of Topliss-reactive ketones (excluding diaryl/α,β-unsaturated/α-hetero) is 1. The van der Waals surface area contributed by atoms with Crippen molar-refractivity contribution in [2.75, 3.05) is 17.7 Å². The zero-order valence-electron chi connectivity index (χ0n) is 15.6. The van der Waals surface area contributed by atoms with Crippen molar-refractivity contribution in [3.05, 3.63) is 58.9 Å². The van der Waals surface area contributed by atoms with Crippen molar-refractivity contribution in [1.29, 1.82) is 0 Å². The lowest BCUT2D eigenvalue weighted by molar-refractivity contribution is -0.147. The Bertz CT molecular complexity index is 1050. The Morgan fingerprint density at radius 2 is 1.90 bits per heavy atom. The first-order chi connectivity index (χ1) is 13.5. The molecule has 0 unspecified atom stereocenters. The number of anilines is 1. The number of aliphatic hydroxyl groups is 1. The number of carbonyl (C=O) groups excluding carboxylic acids is 2. The van der Waals surface area contributed by atoms with Crippen LogP contribution < -0.4 is 4.90 Å². The molecule has 1 N–H and O–H groups in total. The molecule has 0 radical (unpaired) electrons. The molecule has 1 aliphatic rings. The van der Waals surface area contributed by atoms with Gasteiger partial charge in [0.15, 0.2) is 15.6 Å². The van der Waals surface area contributed by atoms with Crippen LogP contribution in [-0.2, 0) is 25.8 Å². The molecule has 0 aromatic heterocycles. The van der Waals surface area contributed by atoms with Crippen molar-refractivity contribution in [1.82, 2.24) is 0 Å². The second kappa shape index (κ2) is 7.85. The van der Waals surface area contributed by atoms with Crippen molar-refractivity contribution in [3.63, 3.8) is 0 Å². The highest BCUT2D eigenvalue weighted by Crippen LogP contribution is 2.31. The maximum absolute atomic E-state index is 13.4. The number of halogens is 2. The Balaban J connectivity index is 1.72. The van der Waals surface area contributed by atoms with Gasteiger partial charge in [0.05, 0.1) is 4.90 Å². The smallest absolute Gasteiger partial charge is 0.266 e. The predicted molar refractivity (Wildman–Crippen MR) is 106 cm³/mol. The zero-order chi connectivity index (χ0) is 21.4. The van der Waals surface area contributed by atoms with Crippen LogP contribution in [0.15, 0.2) is 47.4 Å². The van der Waals surface area contributed by atoms with E-state index in [9.17, 15) is 27.5 Å². The second-order valence-corrected chi connectivity index (χ2v) is 9.49. The van der Waals surface area contributed by atoms with E-state index in [4.69, 9.17) is 11.6 Å². The van der Waals surface area contributed by atoms with Crippen LogP contribution in [0.4, 0.5) is 10.1 Å². The first-order valence-electron chi connectivity index (χ1n) is 8.83. The molecular weight excluding hydrogens is 421 g/mol. The van der Waals surface area contributed by atoms with E-state index >= 15 is 0 Å². The maximum atomic E-state index is 13.4. The Morgan fingerprint density at radius 3 is 2.48 bits per heavy atom. The number of amides is 1. The summed E-state index contributed by atoms with van der Waals surface area (Å²) >= 11 is 5.80. The molecule has 1 aliphatic heterocycles. The molecule has 1 heterocycles. The van der Waals surface area contributed by atoms with Gasteiger partial charge in [0, 0.05) is 36.4 Å². The molecule has 0 saturated carbocycles. The summed E-state index contributed by atoms with van der Waals surface area (Å²) in [5, 5.41) is 10.9. The standard InChI is InChI=1S/C20H19ClFNO5S/c1-29(27,28)17-5-3-16(4-6-17)23-9-8-20(26,19(23)25)18(24)7-2-13-10-14(21)12-15(22)11-13/h3-6,10-12,26H,2,7-9H2,1H3/t20-/m0/s1. The summed E-state index contributed by atoms with van der Waals surface area (Å²) < 4.78 is 36.5. The van der Waals surface area contributed by atoms with Crippen molar-refractivity contribution in [2.45, 2.75) is 29.8 Å². The molecule has 0 aliphatic carbocycles. The van der Waals surface area contributed by atoms with Crippen LogP contribution in [-0.4, -0.2) is 43.6 Å². The van der Waals surface area contributed by atoms with Crippen LogP contribution in [0, 0.1) is 5.82 Å². The third-order valence-corrected chi connectivity index (χ3v) is 6.24. The van der Waals surface area contributed by atoms with E-state index in [0.29, 0.717) is 11.3 Å². The van der Waals surface area contributed by atoms with Gasteiger partial charge in [-0.3, -0.25) is 9.59 Å². The van der Waals surface area contributed by atoms with Crippen molar-refractivity contribution >= 4 is 38.8 Å². The van der Waals surface area contributed by atoms with Crippen molar-refractivity contribution < 1.29 is 27.5 Å². The predicted octanol–water partition coefficient (Wildman–Crippen LogP) is 2.55. The number of benzene rings is 2. The zero-order valence-corrected chi connectivity index (χ0v) is 17.1. The van der Waals surface area contributed by atoms with Gasteiger partial charge in [0.2, 0.25) is 5.60 Å². The second-order valence-electron chi connectivity index (χ2n) is 7.03. The summed E-state index contributed by atoms with van der Waals surface area (Å²) in [7, 11) is -3.38. The van der Waals surface area contributed by atoms with Crippen LogP contribution in [0.2, 0.25) is 5.02 Å². The number of hydrogen-bond donors (Lipinski definition) is 1. The van der Waals surface area contributed by atoms with Crippen molar-refractivity contribution in [3.8, 4) is 0 Å². The Kier molecular flexibility index (Phi) is 5.80. The summed E-state index contributed by atoms with van der Waals surface area (Å²) in [4.78, 5) is 26.7. The number of aryl methyl sites for hydroxylation is 1. The van der Waals surface area contributed by atoms with Crippen LogP contribution >= 0.6 is 11.6 Å². The highest BCUT2D eigenvalue weighted by molar-refractivity contribution is 7.90. The summed E-state index contributed by atoms with van der Waals surface area (Å²) in [5.41, 5.74) is -1.28. The molecule has 3 rings (SSSR count). The van der Waals surface area contributed by atoms with Gasteiger partial charge in [-0.1, -0.05) is 11.6 Å². The minimum Gasteiger partial charge on any atom is -0.373 e. The SMILES string of the molecule is CS(=O)(=O)c1ccc(N2CC[C@](O)(C(=O)CCc3cc(F)cc(Cl)c3)C2=O)cc1. The summed E-state index contributed by atoms with van der Waals surface area (Å²) in [6.45, 7) is 0.116. The van der Waals surface area contributed by atoms with Crippen LogP contribution in [0.5, 0.6) is 0 Å². The molecule has 6 nitrogen and oxygen atoms in total. The first kappa shape index (κ1) is 21.4. The van der Waals surface area contributed by atoms with E-state index in [1.54, 1.807) is 0 Å². The minimum absolute atomic E-state index is 0.0810. The van der Waals surface area contributed by atoms with Gasteiger partial charge < -0.3 is 10.0 Å². The summed E-state index contributed by atoms with van der Waals surface area (Å²) in [5.74, 6) is -1.94. The van der Waals surface area contributed by atoms with E-state index in [0.717, 1.165) is 12.3 Å². The molecule has 0 bridgehead atoms. The lowest BCUT2D eigenvalue weighted by Gasteiger charge is -2.21. The van der Waals surface area contributed by atoms with Crippen LogP contribution in [0.25, 0.3) is 0 Å². The van der Waals surface area contributed by atoms with Gasteiger partial charge in [-0.05, 0) is 54.4 Å². The summed E-state index contributed by atoms with van der Waals surface area (Å²) in [6, 6.07) is 9.56. The molecule has 29 heavy (non-hydrogen) atoms. The number of rotatable bonds is 6. The number of ketones is 1. The number of hydrogen-bond acceptors (Lipinski definition) is 5. The monoisotopic (exact) mass is 439 g/mol. The lowest BCUT2D eigenvalue weighted by Crippen LogP contribution is -2.47. The van der Waals surface area contributed by atoms with Gasteiger partial charge in [0.1, 0.15) is 5.82 Å². The van der Waals surface area contributed by atoms with Crippen LogP contribution in [0.1, 0.15) is 18.4 Å². The average Bonchev–Trinajstić information content (AvgIpc) is 2.94. The van der Waals surface area contributed by atoms with Crippen molar-refractivity contribution in [2.24, 2.45) is 0 Å². The highest BCUT2D eigenvalue weighted by Gasteiger charge is 2.50. The van der Waals surface area contributed by atoms with Gasteiger partial charge in [-0.2, -0.15) is 0 Å². The van der Waals surface area contributed by atoms with Gasteiger partial charge in [-0.25, -0.2) is 12.8 Å². The minimum atomic E-state index is -3.38. The topological polar surface area (TPSA) is 91.8 Å². The third kappa shape index (κ3) is 4.49. The molecule has 1 fully saturated rings. The molecule has 1 amide bonds. The molecule has 2 aromatic rings. The number of nitrogens with zero attached hydrogens (tertiary/aromatic N) is 1. The van der Waals surface area contributed by atoms with Gasteiger partial charge in [-0.15, -0.1) is 0 Å². The largest absolute Gasteiger partial charge is 0.373 e. The Hall–Kier alpha value is -2.29. The van der Waals surface area contributed by atoms with E-state index in [-0.39, 0.29) is 35.7 Å². The molecule has 1 saturated heterocycles. The third-order valence-electron chi connectivity index (χ3n) is 4.90. The van der Waals surface area contributed by atoms with E-state index in [2.05, 4.69) is 0 Å². The maximum Gasteiger partial charge on any atom is 0.266 e. The molecule has 1 atom stereocenters. The lowest BCUT2D eigenvalue weighted by atomic mass is 9.92. The molecule has 154 valence electrons. The fraction of sp³-hybridized carbons (Fsp3) is 0.300. The summed E-state index contributed by atoms with van der Waals surface area (Å²) in [6.07, 6.45) is 0.979.